The number of nitrogens with one attached hydrogen (secondary N) is 1. The monoisotopic (exact) mass is 199 g/mol. The minimum atomic E-state index is -0.211. The molecule has 2 N–H and O–H groups in total. The number of hydrogen-bond acceptors (Lipinski definition) is 2. The van der Waals surface area contributed by atoms with Gasteiger partial charge in [-0.05, 0) is 19.3 Å². The van der Waals surface area contributed by atoms with E-state index in [4.69, 9.17) is 5.11 Å². The van der Waals surface area contributed by atoms with Gasteiger partial charge in [0.15, 0.2) is 0 Å². The fourth-order valence-electron chi connectivity index (χ4n) is 1.96. The molecule has 1 aliphatic rings. The highest BCUT2D eigenvalue weighted by molar-refractivity contribution is 5.79. The molecule has 3 heteroatoms. The van der Waals surface area contributed by atoms with Crippen molar-refractivity contribution in [3.05, 3.63) is 0 Å². The predicted octanol–water partition coefficient (Wildman–Crippen LogP) is 1.45. The minimum Gasteiger partial charge on any atom is -0.396 e. The summed E-state index contributed by atoms with van der Waals surface area (Å²) in [5, 5.41) is 12.0. The molecular weight excluding hydrogens is 178 g/mol. The normalized spacial score (nSPS) is 20.4. The van der Waals surface area contributed by atoms with Crippen LogP contribution in [0, 0.1) is 5.92 Å². The van der Waals surface area contributed by atoms with E-state index in [0.717, 1.165) is 19.3 Å². The van der Waals surface area contributed by atoms with Gasteiger partial charge in [-0.1, -0.05) is 26.2 Å². The number of aliphatic hydroxyl groups excluding tert-OH is 1. The highest BCUT2D eigenvalue weighted by atomic mass is 16.3. The van der Waals surface area contributed by atoms with Gasteiger partial charge in [0, 0.05) is 6.04 Å². The first-order valence-electron chi connectivity index (χ1n) is 5.69. The van der Waals surface area contributed by atoms with Crippen molar-refractivity contribution >= 4 is 5.91 Å². The summed E-state index contributed by atoms with van der Waals surface area (Å²) in [6.45, 7) is 1.90. The van der Waals surface area contributed by atoms with Gasteiger partial charge in [-0.15, -0.1) is 0 Å². The Morgan fingerprint density at radius 2 is 2.07 bits per heavy atom. The van der Waals surface area contributed by atoms with E-state index >= 15 is 0 Å². The second kappa shape index (κ2) is 6.02. The van der Waals surface area contributed by atoms with E-state index in [1.54, 1.807) is 0 Å². The number of aliphatic hydroxyl groups is 1. The molecule has 0 bridgehead atoms. The Morgan fingerprint density at radius 1 is 1.43 bits per heavy atom. The van der Waals surface area contributed by atoms with Crippen LogP contribution in [0.3, 0.4) is 0 Å². The van der Waals surface area contributed by atoms with Crippen molar-refractivity contribution in [1.29, 1.82) is 0 Å². The smallest absolute Gasteiger partial charge is 0.225 e. The average Bonchev–Trinajstić information content (AvgIpc) is 2.21. The van der Waals surface area contributed by atoms with Crippen molar-refractivity contribution in [2.45, 2.75) is 51.5 Å². The van der Waals surface area contributed by atoms with Gasteiger partial charge in [0.1, 0.15) is 0 Å². The Bertz CT molecular complexity index is 172. The molecule has 0 aliphatic heterocycles. The molecule has 14 heavy (non-hydrogen) atoms. The van der Waals surface area contributed by atoms with E-state index in [0.29, 0.717) is 6.04 Å². The Morgan fingerprint density at radius 3 is 2.57 bits per heavy atom. The summed E-state index contributed by atoms with van der Waals surface area (Å²) in [6.07, 6.45) is 6.67. The maximum atomic E-state index is 11.6. The zero-order valence-corrected chi connectivity index (χ0v) is 8.96. The highest BCUT2D eigenvalue weighted by Crippen LogP contribution is 2.17. The van der Waals surface area contributed by atoms with Crippen LogP contribution in [0.15, 0.2) is 0 Å². The SMILES string of the molecule is CCC(CO)C(=O)NC1CCCCC1. The second-order valence-corrected chi connectivity index (χ2v) is 4.13. The highest BCUT2D eigenvalue weighted by Gasteiger charge is 2.20. The molecule has 3 nitrogen and oxygen atoms in total. The average molecular weight is 199 g/mol. The number of hydrogen-bond donors (Lipinski definition) is 2. The maximum Gasteiger partial charge on any atom is 0.225 e. The van der Waals surface area contributed by atoms with Gasteiger partial charge in [0.25, 0.3) is 0 Å². The van der Waals surface area contributed by atoms with Crippen molar-refractivity contribution < 1.29 is 9.90 Å². The van der Waals surface area contributed by atoms with Crippen LogP contribution in [0.1, 0.15) is 45.4 Å². The first kappa shape index (κ1) is 11.5. The van der Waals surface area contributed by atoms with E-state index in [9.17, 15) is 4.79 Å². The first-order valence-corrected chi connectivity index (χ1v) is 5.69. The molecule has 1 fully saturated rings. The summed E-state index contributed by atoms with van der Waals surface area (Å²) in [7, 11) is 0. The Hall–Kier alpha value is -0.570. The van der Waals surface area contributed by atoms with Gasteiger partial charge in [-0.25, -0.2) is 0 Å². The quantitative estimate of drug-likeness (QED) is 0.720. The minimum absolute atomic E-state index is 0.0295. The third-order valence-corrected chi connectivity index (χ3v) is 3.04. The number of carbonyl (C=O) groups excluding carboxylic acids is 1. The molecule has 0 aromatic carbocycles. The molecule has 1 unspecified atom stereocenters. The van der Waals surface area contributed by atoms with Gasteiger partial charge < -0.3 is 10.4 Å². The van der Waals surface area contributed by atoms with Crippen LogP contribution in [0.2, 0.25) is 0 Å². The summed E-state index contributed by atoms with van der Waals surface area (Å²) in [6, 6.07) is 0.358. The van der Waals surface area contributed by atoms with Crippen LogP contribution in [0.4, 0.5) is 0 Å². The van der Waals surface area contributed by atoms with Gasteiger partial charge in [0.2, 0.25) is 5.91 Å². The van der Waals surface area contributed by atoms with E-state index in [1.807, 2.05) is 6.92 Å². The fraction of sp³-hybridized carbons (Fsp3) is 0.909. The Balaban J connectivity index is 2.30. The zero-order chi connectivity index (χ0) is 10.4. The van der Waals surface area contributed by atoms with Gasteiger partial charge in [-0.2, -0.15) is 0 Å². The van der Waals surface area contributed by atoms with Crippen LogP contribution in [-0.2, 0) is 4.79 Å². The molecule has 0 aromatic heterocycles. The lowest BCUT2D eigenvalue weighted by atomic mass is 9.94. The summed E-state index contributed by atoms with van der Waals surface area (Å²) in [5.74, 6) is -0.182. The van der Waals surface area contributed by atoms with Gasteiger partial charge >= 0.3 is 0 Å². The molecule has 0 saturated heterocycles. The lowest BCUT2D eigenvalue weighted by molar-refractivity contribution is -0.127. The number of carbonyl (C=O) groups is 1. The standard InChI is InChI=1S/C11H21NO2/c1-2-9(8-13)11(14)12-10-6-4-3-5-7-10/h9-10,13H,2-8H2,1H3,(H,12,14). The van der Waals surface area contributed by atoms with E-state index in [-0.39, 0.29) is 18.4 Å². The van der Waals surface area contributed by atoms with Crippen LogP contribution in [0.5, 0.6) is 0 Å². The third-order valence-electron chi connectivity index (χ3n) is 3.04. The summed E-state index contributed by atoms with van der Waals surface area (Å²) in [4.78, 5) is 11.6. The molecule has 0 aromatic rings. The summed E-state index contributed by atoms with van der Waals surface area (Å²) < 4.78 is 0. The number of rotatable bonds is 4. The van der Waals surface area contributed by atoms with E-state index in [1.165, 1.54) is 19.3 Å². The second-order valence-electron chi connectivity index (χ2n) is 4.13. The van der Waals surface area contributed by atoms with Crippen molar-refractivity contribution in [3.63, 3.8) is 0 Å². The van der Waals surface area contributed by atoms with Crippen LogP contribution < -0.4 is 5.32 Å². The number of amides is 1. The molecule has 0 spiro atoms. The van der Waals surface area contributed by atoms with Crippen molar-refractivity contribution in [2.24, 2.45) is 5.92 Å². The summed E-state index contributed by atoms with van der Waals surface area (Å²) >= 11 is 0. The van der Waals surface area contributed by atoms with E-state index < -0.39 is 0 Å². The fourth-order valence-corrected chi connectivity index (χ4v) is 1.96. The largest absolute Gasteiger partial charge is 0.396 e. The summed E-state index contributed by atoms with van der Waals surface area (Å²) in [5.41, 5.74) is 0. The molecule has 1 atom stereocenters. The van der Waals surface area contributed by atoms with Gasteiger partial charge in [-0.3, -0.25) is 4.79 Å². The molecule has 1 aliphatic carbocycles. The Labute approximate surface area is 85.9 Å². The first-order chi connectivity index (χ1) is 6.77. The molecular formula is C11H21NO2. The lowest BCUT2D eigenvalue weighted by Gasteiger charge is -2.24. The topological polar surface area (TPSA) is 49.3 Å². The predicted molar refractivity (Wildman–Crippen MR) is 55.9 cm³/mol. The molecule has 1 rings (SSSR count). The maximum absolute atomic E-state index is 11.6. The third kappa shape index (κ3) is 3.29. The van der Waals surface area contributed by atoms with Crippen molar-refractivity contribution in [3.8, 4) is 0 Å². The molecule has 0 heterocycles. The molecule has 82 valence electrons. The van der Waals surface area contributed by atoms with Crippen LogP contribution in [0.25, 0.3) is 0 Å². The Kier molecular flexibility index (Phi) is 4.94. The van der Waals surface area contributed by atoms with Crippen LogP contribution in [-0.4, -0.2) is 23.7 Å². The zero-order valence-electron chi connectivity index (χ0n) is 8.96. The molecule has 1 amide bonds. The van der Waals surface area contributed by atoms with Crippen LogP contribution >= 0.6 is 0 Å². The molecule has 1 saturated carbocycles. The van der Waals surface area contributed by atoms with Crippen molar-refractivity contribution in [1.82, 2.24) is 5.32 Å². The lowest BCUT2D eigenvalue weighted by Crippen LogP contribution is -2.40. The van der Waals surface area contributed by atoms with Crippen molar-refractivity contribution in [2.75, 3.05) is 6.61 Å². The molecule has 0 radical (unpaired) electrons. The van der Waals surface area contributed by atoms with Gasteiger partial charge in [0.05, 0.1) is 12.5 Å². The van der Waals surface area contributed by atoms with E-state index in [2.05, 4.69) is 5.32 Å².